The third kappa shape index (κ3) is 4.89. The number of hydrogen-bond donors (Lipinski definition) is 0. The summed E-state index contributed by atoms with van der Waals surface area (Å²) in [4.78, 5) is 11.6. The molecule has 2 rings (SSSR count). The molecular formula is C18H21IO. The van der Waals surface area contributed by atoms with Gasteiger partial charge in [0.2, 0.25) is 0 Å². The van der Waals surface area contributed by atoms with Gasteiger partial charge in [0.1, 0.15) is 5.78 Å². The van der Waals surface area contributed by atoms with E-state index in [0.717, 1.165) is 38.5 Å². The largest absolute Gasteiger partial charge is 0.300 e. The van der Waals surface area contributed by atoms with Gasteiger partial charge in [-0.3, -0.25) is 4.79 Å². The predicted molar refractivity (Wildman–Crippen MR) is 93.0 cm³/mol. The molecule has 1 aromatic carbocycles. The van der Waals surface area contributed by atoms with Gasteiger partial charge in [0.15, 0.2) is 0 Å². The zero-order valence-electron chi connectivity index (χ0n) is 11.7. The summed E-state index contributed by atoms with van der Waals surface area (Å²) in [5, 5.41) is 0. The lowest BCUT2D eigenvalue weighted by atomic mass is 9.83. The van der Waals surface area contributed by atoms with Gasteiger partial charge in [-0.05, 0) is 46.8 Å². The van der Waals surface area contributed by atoms with E-state index in [9.17, 15) is 4.79 Å². The van der Waals surface area contributed by atoms with Gasteiger partial charge in [-0.15, -0.1) is 0 Å². The van der Waals surface area contributed by atoms with E-state index >= 15 is 0 Å². The molecular weight excluding hydrogens is 359 g/mol. The molecule has 2 heteroatoms. The third-order valence-electron chi connectivity index (χ3n) is 3.83. The van der Waals surface area contributed by atoms with Gasteiger partial charge in [-0.2, -0.15) is 0 Å². The first-order chi connectivity index (χ1) is 9.79. The molecule has 106 valence electrons. The highest BCUT2D eigenvalue weighted by Gasteiger charge is 2.21. The second kappa shape index (κ2) is 8.40. The molecule has 1 saturated carbocycles. The van der Waals surface area contributed by atoms with Gasteiger partial charge < -0.3 is 0 Å². The van der Waals surface area contributed by atoms with Crippen molar-refractivity contribution in [2.75, 3.05) is 0 Å². The number of ketones is 1. The number of allylic oxidation sites excluding steroid dienone is 3. The summed E-state index contributed by atoms with van der Waals surface area (Å²) >= 11 is 2.30. The zero-order valence-corrected chi connectivity index (χ0v) is 13.9. The van der Waals surface area contributed by atoms with Crippen LogP contribution >= 0.6 is 22.6 Å². The minimum absolute atomic E-state index is 0.426. The maximum Gasteiger partial charge on any atom is 0.133 e. The minimum Gasteiger partial charge on any atom is -0.300 e. The quantitative estimate of drug-likeness (QED) is 0.504. The summed E-state index contributed by atoms with van der Waals surface area (Å²) < 4.78 is 2.14. The highest BCUT2D eigenvalue weighted by atomic mass is 127. The maximum absolute atomic E-state index is 11.6. The number of carbonyl (C=O) groups excluding carboxylic acids is 1. The van der Waals surface area contributed by atoms with E-state index in [1.165, 1.54) is 11.1 Å². The van der Waals surface area contributed by atoms with Gasteiger partial charge in [0, 0.05) is 12.8 Å². The Hall–Kier alpha value is -0.900. The Labute approximate surface area is 135 Å². The Kier molecular flexibility index (Phi) is 6.51. The standard InChI is InChI=1S/C18H21IO/c19-14-17(16-11-6-12-18(20)13-16)10-5-4-9-15-7-2-1-3-8-15/h1-3,5,7-8,10,14,16H,4,6,9,11-13H2/b10-5+,17-14-. The number of aryl methyl sites for hydroxylation is 1. The van der Waals surface area contributed by atoms with Crippen molar-refractivity contribution in [1.29, 1.82) is 0 Å². The van der Waals surface area contributed by atoms with Crippen molar-refractivity contribution in [1.82, 2.24) is 0 Å². The Morgan fingerprint density at radius 2 is 2.10 bits per heavy atom. The Morgan fingerprint density at radius 3 is 2.80 bits per heavy atom. The van der Waals surface area contributed by atoms with Crippen molar-refractivity contribution in [3.63, 3.8) is 0 Å². The summed E-state index contributed by atoms with van der Waals surface area (Å²) in [5.74, 6) is 0.871. The minimum atomic E-state index is 0.426. The molecule has 0 saturated heterocycles. The van der Waals surface area contributed by atoms with Crippen molar-refractivity contribution >= 4 is 28.4 Å². The first kappa shape index (κ1) is 15.5. The molecule has 0 spiro atoms. The van der Waals surface area contributed by atoms with Crippen LogP contribution in [0.2, 0.25) is 0 Å². The van der Waals surface area contributed by atoms with E-state index in [0.29, 0.717) is 11.7 Å². The van der Waals surface area contributed by atoms with E-state index in [1.54, 1.807) is 0 Å². The number of carbonyl (C=O) groups is 1. The summed E-state index contributed by atoms with van der Waals surface area (Å²) in [6.07, 6.45) is 10.3. The second-order valence-electron chi connectivity index (χ2n) is 5.37. The lowest BCUT2D eigenvalue weighted by Crippen LogP contribution is -2.15. The molecule has 1 aromatic rings. The van der Waals surface area contributed by atoms with Crippen LogP contribution in [0.3, 0.4) is 0 Å². The van der Waals surface area contributed by atoms with Gasteiger partial charge in [0.05, 0.1) is 0 Å². The van der Waals surface area contributed by atoms with Crippen molar-refractivity contribution < 1.29 is 4.79 Å². The molecule has 0 radical (unpaired) electrons. The van der Waals surface area contributed by atoms with Crippen LogP contribution in [0.15, 0.2) is 52.1 Å². The Bertz CT molecular complexity index is 487. The molecule has 0 aromatic heterocycles. The van der Waals surface area contributed by atoms with E-state index in [-0.39, 0.29) is 0 Å². The topological polar surface area (TPSA) is 17.1 Å². The monoisotopic (exact) mass is 380 g/mol. The van der Waals surface area contributed by atoms with E-state index in [1.807, 2.05) is 0 Å². The van der Waals surface area contributed by atoms with Crippen molar-refractivity contribution in [3.8, 4) is 0 Å². The lowest BCUT2D eigenvalue weighted by Gasteiger charge is -2.21. The molecule has 0 amide bonds. The summed E-state index contributed by atoms with van der Waals surface area (Å²) in [7, 11) is 0. The van der Waals surface area contributed by atoms with Crippen LogP contribution in [0.5, 0.6) is 0 Å². The van der Waals surface area contributed by atoms with Crippen LogP contribution in [-0.2, 0) is 11.2 Å². The number of hydrogen-bond acceptors (Lipinski definition) is 1. The van der Waals surface area contributed by atoms with Gasteiger partial charge in [-0.25, -0.2) is 0 Å². The van der Waals surface area contributed by atoms with Crippen LogP contribution in [-0.4, -0.2) is 5.78 Å². The fourth-order valence-corrected chi connectivity index (χ4v) is 3.40. The zero-order chi connectivity index (χ0) is 14.2. The molecule has 1 atom stereocenters. The lowest BCUT2D eigenvalue weighted by molar-refractivity contribution is -0.121. The predicted octanol–water partition coefficient (Wildman–Crippen LogP) is 5.25. The average molecular weight is 380 g/mol. The normalized spacial score (nSPS) is 20.6. The van der Waals surface area contributed by atoms with Crippen LogP contribution in [0, 0.1) is 5.92 Å². The average Bonchev–Trinajstić information content (AvgIpc) is 2.48. The molecule has 0 heterocycles. The van der Waals surface area contributed by atoms with Gasteiger partial charge >= 0.3 is 0 Å². The van der Waals surface area contributed by atoms with Crippen LogP contribution in [0.25, 0.3) is 0 Å². The highest BCUT2D eigenvalue weighted by molar-refractivity contribution is 14.1. The van der Waals surface area contributed by atoms with E-state index in [2.05, 4.69) is 69.2 Å². The maximum atomic E-state index is 11.6. The summed E-state index contributed by atoms with van der Waals surface area (Å²) in [5.41, 5.74) is 2.71. The number of benzene rings is 1. The van der Waals surface area contributed by atoms with Crippen LogP contribution < -0.4 is 0 Å². The smallest absolute Gasteiger partial charge is 0.133 e. The second-order valence-corrected chi connectivity index (χ2v) is 5.99. The van der Waals surface area contributed by atoms with E-state index in [4.69, 9.17) is 0 Å². The van der Waals surface area contributed by atoms with Crippen LogP contribution in [0.1, 0.15) is 37.7 Å². The molecule has 20 heavy (non-hydrogen) atoms. The fourth-order valence-electron chi connectivity index (χ4n) is 2.68. The Morgan fingerprint density at radius 1 is 1.30 bits per heavy atom. The first-order valence-electron chi connectivity index (χ1n) is 7.32. The van der Waals surface area contributed by atoms with Crippen LogP contribution in [0.4, 0.5) is 0 Å². The van der Waals surface area contributed by atoms with Crippen molar-refractivity contribution in [3.05, 3.63) is 57.7 Å². The third-order valence-corrected chi connectivity index (χ3v) is 4.55. The van der Waals surface area contributed by atoms with Crippen molar-refractivity contribution in [2.24, 2.45) is 5.92 Å². The molecule has 1 fully saturated rings. The number of Topliss-reactive ketones (excluding diaryl/α,β-unsaturated/α-hetero) is 1. The molecule has 1 aliphatic rings. The van der Waals surface area contributed by atoms with Gasteiger partial charge in [0.25, 0.3) is 0 Å². The molecule has 0 N–H and O–H groups in total. The first-order valence-corrected chi connectivity index (χ1v) is 8.56. The number of rotatable bonds is 5. The summed E-state index contributed by atoms with van der Waals surface area (Å²) in [6.45, 7) is 0. The summed E-state index contributed by atoms with van der Waals surface area (Å²) in [6, 6.07) is 10.6. The molecule has 1 aliphatic carbocycles. The highest BCUT2D eigenvalue weighted by Crippen LogP contribution is 2.29. The van der Waals surface area contributed by atoms with Crippen molar-refractivity contribution in [2.45, 2.75) is 38.5 Å². The molecule has 0 bridgehead atoms. The Balaban J connectivity index is 1.84. The molecule has 0 aliphatic heterocycles. The SMILES string of the molecule is O=C1CCCC(C(/C=C/CCc2ccccc2)=C\I)C1. The van der Waals surface area contributed by atoms with Gasteiger partial charge in [-0.1, -0.05) is 65.1 Å². The fraction of sp³-hybridized carbons (Fsp3) is 0.389. The molecule has 1 unspecified atom stereocenters. The van der Waals surface area contributed by atoms with E-state index < -0.39 is 0 Å². The molecule has 1 nitrogen and oxygen atoms in total. The number of halogens is 1.